The Morgan fingerprint density at radius 2 is 1.48 bits per heavy atom. The van der Waals surface area contributed by atoms with E-state index < -0.39 is 0 Å². The third-order valence-corrected chi connectivity index (χ3v) is 5.45. The summed E-state index contributed by atoms with van der Waals surface area (Å²) in [6, 6.07) is 20.3. The van der Waals surface area contributed by atoms with Crippen molar-refractivity contribution in [3.05, 3.63) is 71.3 Å². The van der Waals surface area contributed by atoms with Gasteiger partial charge in [-0.2, -0.15) is 0 Å². The second kappa shape index (κ2) is 6.13. The van der Waals surface area contributed by atoms with E-state index >= 15 is 0 Å². The molecule has 3 rings (SSSR count). The average Bonchev–Trinajstić information content (AvgIpc) is 2.77. The van der Waals surface area contributed by atoms with Crippen molar-refractivity contribution in [1.29, 1.82) is 0 Å². The molecule has 0 fully saturated rings. The fraction of sp³-hybridized carbons (Fsp3) is 0.455. The highest BCUT2D eigenvalue weighted by molar-refractivity contribution is 5.52. The van der Waals surface area contributed by atoms with Gasteiger partial charge in [0, 0.05) is 5.41 Å². The van der Waals surface area contributed by atoms with E-state index in [1.165, 1.54) is 30.4 Å². The van der Waals surface area contributed by atoms with E-state index in [1.807, 2.05) is 0 Å². The highest BCUT2D eigenvalue weighted by Crippen LogP contribution is 2.54. The highest BCUT2D eigenvalue weighted by Gasteiger charge is 2.47. The lowest BCUT2D eigenvalue weighted by atomic mass is 9.70. The fourth-order valence-corrected chi connectivity index (χ4v) is 4.51. The molecule has 0 radical (unpaired) electrons. The summed E-state index contributed by atoms with van der Waals surface area (Å²) in [5.41, 5.74) is 4.97. The summed E-state index contributed by atoms with van der Waals surface area (Å²) >= 11 is 0. The molecular formula is C22H29N. The minimum atomic E-state index is 0.164. The van der Waals surface area contributed by atoms with Gasteiger partial charge < -0.3 is 4.90 Å². The molecule has 0 aliphatic heterocycles. The summed E-state index contributed by atoms with van der Waals surface area (Å²) in [6.07, 6.45) is 3.65. The van der Waals surface area contributed by atoms with E-state index in [0.717, 1.165) is 6.54 Å². The van der Waals surface area contributed by atoms with Gasteiger partial charge in [-0.05, 0) is 62.0 Å². The molecule has 122 valence electrons. The van der Waals surface area contributed by atoms with Gasteiger partial charge in [0.05, 0.1) is 0 Å². The first-order valence-electron chi connectivity index (χ1n) is 8.76. The van der Waals surface area contributed by atoms with Crippen LogP contribution in [0.5, 0.6) is 0 Å². The van der Waals surface area contributed by atoms with E-state index in [-0.39, 0.29) is 10.8 Å². The summed E-state index contributed by atoms with van der Waals surface area (Å²) in [7, 11) is 4.34. The maximum absolute atomic E-state index is 2.41. The van der Waals surface area contributed by atoms with Crippen LogP contribution in [0.25, 0.3) is 0 Å². The first kappa shape index (κ1) is 16.3. The molecule has 2 aromatic carbocycles. The predicted molar refractivity (Wildman–Crippen MR) is 99.1 cm³/mol. The van der Waals surface area contributed by atoms with Crippen molar-refractivity contribution in [2.75, 3.05) is 20.6 Å². The Morgan fingerprint density at radius 1 is 0.870 bits per heavy atom. The molecule has 0 amide bonds. The maximum Gasteiger partial charge on any atom is 0.0214 e. The van der Waals surface area contributed by atoms with Gasteiger partial charge in [-0.1, -0.05) is 68.4 Å². The minimum absolute atomic E-state index is 0.164. The van der Waals surface area contributed by atoms with Gasteiger partial charge in [0.25, 0.3) is 0 Å². The number of hydrogen-bond donors (Lipinski definition) is 0. The van der Waals surface area contributed by atoms with Crippen LogP contribution in [0.1, 0.15) is 49.8 Å². The van der Waals surface area contributed by atoms with Gasteiger partial charge in [0.1, 0.15) is 0 Å². The number of nitrogens with zero attached hydrogens (tertiary/aromatic N) is 1. The molecule has 0 spiro atoms. The van der Waals surface area contributed by atoms with Crippen molar-refractivity contribution >= 4 is 0 Å². The number of hydrogen-bond acceptors (Lipinski definition) is 1. The van der Waals surface area contributed by atoms with Gasteiger partial charge in [0.2, 0.25) is 0 Å². The van der Waals surface area contributed by atoms with Crippen LogP contribution in [0, 0.1) is 0 Å². The van der Waals surface area contributed by atoms with Crippen molar-refractivity contribution in [2.24, 2.45) is 0 Å². The smallest absolute Gasteiger partial charge is 0.0214 e. The van der Waals surface area contributed by atoms with Crippen LogP contribution in [0.3, 0.4) is 0 Å². The Balaban J connectivity index is 2.07. The number of fused-ring (bicyclic) bond motifs is 1. The Kier molecular flexibility index (Phi) is 4.33. The second-order valence-electron chi connectivity index (χ2n) is 7.96. The van der Waals surface area contributed by atoms with Gasteiger partial charge >= 0.3 is 0 Å². The summed E-state index contributed by atoms with van der Waals surface area (Å²) in [5, 5.41) is 0. The number of benzene rings is 2. The molecule has 1 heteroatoms. The first-order chi connectivity index (χ1) is 11.0. The van der Waals surface area contributed by atoms with Crippen LogP contribution in [0.2, 0.25) is 0 Å². The third kappa shape index (κ3) is 2.95. The molecule has 0 heterocycles. The molecule has 1 atom stereocenters. The molecule has 1 aliphatic carbocycles. The van der Waals surface area contributed by atoms with Crippen LogP contribution in [-0.2, 0) is 10.8 Å². The van der Waals surface area contributed by atoms with Gasteiger partial charge in [-0.15, -0.1) is 0 Å². The van der Waals surface area contributed by atoms with Crippen molar-refractivity contribution in [3.63, 3.8) is 0 Å². The Labute approximate surface area is 141 Å². The lowest BCUT2D eigenvalue weighted by Crippen LogP contribution is -2.28. The summed E-state index contributed by atoms with van der Waals surface area (Å²) in [5.74, 6) is 0. The van der Waals surface area contributed by atoms with Gasteiger partial charge in [0.15, 0.2) is 0 Å². The molecule has 0 unspecified atom stereocenters. The van der Waals surface area contributed by atoms with E-state index in [0.29, 0.717) is 0 Å². The minimum Gasteiger partial charge on any atom is -0.309 e. The monoisotopic (exact) mass is 307 g/mol. The van der Waals surface area contributed by atoms with Crippen LogP contribution >= 0.6 is 0 Å². The Morgan fingerprint density at radius 3 is 2.13 bits per heavy atom. The lowest BCUT2D eigenvalue weighted by Gasteiger charge is -2.33. The molecule has 0 saturated heterocycles. The lowest BCUT2D eigenvalue weighted by molar-refractivity contribution is 0.334. The van der Waals surface area contributed by atoms with Gasteiger partial charge in [-0.25, -0.2) is 0 Å². The van der Waals surface area contributed by atoms with Crippen molar-refractivity contribution in [2.45, 2.75) is 43.9 Å². The molecular weight excluding hydrogens is 278 g/mol. The largest absolute Gasteiger partial charge is 0.309 e. The van der Waals surface area contributed by atoms with Crippen LogP contribution in [0.15, 0.2) is 54.6 Å². The molecule has 0 bridgehead atoms. The summed E-state index contributed by atoms with van der Waals surface area (Å²) in [4.78, 5) is 2.30. The van der Waals surface area contributed by atoms with Gasteiger partial charge in [-0.3, -0.25) is 0 Å². The zero-order valence-corrected chi connectivity index (χ0v) is 15.0. The van der Waals surface area contributed by atoms with E-state index in [9.17, 15) is 0 Å². The Bertz CT molecular complexity index is 657. The van der Waals surface area contributed by atoms with Crippen molar-refractivity contribution < 1.29 is 0 Å². The molecule has 0 N–H and O–H groups in total. The first-order valence-corrected chi connectivity index (χ1v) is 8.76. The average molecular weight is 307 g/mol. The van der Waals surface area contributed by atoms with E-state index in [1.54, 1.807) is 5.56 Å². The topological polar surface area (TPSA) is 3.24 Å². The highest BCUT2D eigenvalue weighted by atomic mass is 15.0. The Hall–Kier alpha value is -1.60. The van der Waals surface area contributed by atoms with Crippen LogP contribution < -0.4 is 0 Å². The summed E-state index contributed by atoms with van der Waals surface area (Å²) in [6.45, 7) is 5.96. The van der Waals surface area contributed by atoms with Crippen LogP contribution in [0.4, 0.5) is 0 Å². The zero-order valence-electron chi connectivity index (χ0n) is 15.0. The quantitative estimate of drug-likeness (QED) is 0.751. The van der Waals surface area contributed by atoms with Crippen molar-refractivity contribution in [3.8, 4) is 0 Å². The third-order valence-electron chi connectivity index (χ3n) is 5.45. The zero-order chi connectivity index (χ0) is 16.5. The number of rotatable bonds is 5. The molecule has 1 nitrogen and oxygen atoms in total. The summed E-state index contributed by atoms with van der Waals surface area (Å²) < 4.78 is 0. The molecule has 0 aromatic heterocycles. The van der Waals surface area contributed by atoms with Crippen molar-refractivity contribution in [1.82, 2.24) is 4.90 Å². The molecule has 2 aromatic rings. The maximum atomic E-state index is 2.41. The second-order valence-corrected chi connectivity index (χ2v) is 7.96. The standard InChI is InChI=1S/C22H29N/c1-21(2)17-22(15-10-16-23(3)4,18-11-6-5-7-12-18)20-14-9-8-13-19(20)21/h5-9,11-14H,10,15-17H2,1-4H3/t22-/m1/s1. The molecule has 23 heavy (non-hydrogen) atoms. The van der Waals surface area contributed by atoms with Crippen LogP contribution in [-0.4, -0.2) is 25.5 Å². The molecule has 0 saturated carbocycles. The SMILES string of the molecule is CN(C)CCC[C@]1(c2ccccc2)CC(C)(C)c2ccccc21. The fourth-order valence-electron chi connectivity index (χ4n) is 4.51. The van der Waals surface area contributed by atoms with E-state index in [4.69, 9.17) is 0 Å². The predicted octanol–water partition coefficient (Wildman–Crippen LogP) is 5.00. The van der Waals surface area contributed by atoms with E-state index in [2.05, 4.69) is 87.4 Å². The normalized spacial score (nSPS) is 22.3. The molecule has 1 aliphatic rings.